The molecule has 1 heterocycles. The molecule has 1 saturated carbocycles. The number of sulfonamides is 1. The van der Waals surface area contributed by atoms with E-state index in [0.29, 0.717) is 17.6 Å². The highest BCUT2D eigenvalue weighted by molar-refractivity contribution is 7.89. The van der Waals surface area contributed by atoms with Crippen LogP contribution in [-0.4, -0.2) is 40.7 Å². The van der Waals surface area contributed by atoms with Crippen molar-refractivity contribution in [2.24, 2.45) is 5.92 Å². The highest BCUT2D eigenvalue weighted by Gasteiger charge is 2.30. The first-order chi connectivity index (χ1) is 7.47. The zero-order chi connectivity index (χ0) is 11.8. The Bertz CT molecular complexity index is 464. The summed E-state index contributed by atoms with van der Waals surface area (Å²) in [6.45, 7) is 2.02. The first-order valence-electron chi connectivity index (χ1n) is 5.29. The maximum absolute atomic E-state index is 11.9. The molecule has 90 valence electrons. The summed E-state index contributed by atoms with van der Waals surface area (Å²) >= 11 is 0. The standard InChI is InChI=1S/C9H16N4O2S/c1-7-10-9(12-11-7)5-13(2)16(14,15)6-8-3-4-8/h8H,3-6H2,1-2H3,(H,10,11,12). The van der Waals surface area contributed by atoms with Crippen LogP contribution in [-0.2, 0) is 16.6 Å². The van der Waals surface area contributed by atoms with Crippen LogP contribution in [0.4, 0.5) is 0 Å². The fraction of sp³-hybridized carbons (Fsp3) is 0.778. The minimum Gasteiger partial charge on any atom is -0.263 e. The van der Waals surface area contributed by atoms with E-state index in [4.69, 9.17) is 0 Å². The summed E-state index contributed by atoms with van der Waals surface area (Å²) in [6.07, 6.45) is 2.07. The van der Waals surface area contributed by atoms with Crippen molar-refractivity contribution in [2.75, 3.05) is 12.8 Å². The topological polar surface area (TPSA) is 79.0 Å². The third kappa shape index (κ3) is 2.79. The Morgan fingerprint density at radius 3 is 2.69 bits per heavy atom. The number of nitrogens with one attached hydrogen (secondary N) is 1. The summed E-state index contributed by atoms with van der Waals surface area (Å²) in [7, 11) is -1.57. The highest BCUT2D eigenvalue weighted by atomic mass is 32.2. The molecule has 6 nitrogen and oxygen atoms in total. The normalized spacial score (nSPS) is 16.9. The lowest BCUT2D eigenvalue weighted by atomic mass is 10.5. The lowest BCUT2D eigenvalue weighted by Gasteiger charge is -2.14. The molecule has 1 N–H and O–H groups in total. The summed E-state index contributed by atoms with van der Waals surface area (Å²) in [5.41, 5.74) is 0. The molecule has 0 amide bonds. The van der Waals surface area contributed by atoms with Crippen molar-refractivity contribution in [3.8, 4) is 0 Å². The van der Waals surface area contributed by atoms with E-state index in [1.165, 1.54) is 4.31 Å². The Morgan fingerprint density at radius 1 is 1.50 bits per heavy atom. The van der Waals surface area contributed by atoms with Crippen molar-refractivity contribution in [3.63, 3.8) is 0 Å². The van der Waals surface area contributed by atoms with Gasteiger partial charge in [-0.3, -0.25) is 5.10 Å². The van der Waals surface area contributed by atoms with Crippen molar-refractivity contribution in [1.82, 2.24) is 19.5 Å². The van der Waals surface area contributed by atoms with Crippen molar-refractivity contribution < 1.29 is 8.42 Å². The second-order valence-electron chi connectivity index (χ2n) is 4.32. The number of rotatable bonds is 5. The maximum atomic E-state index is 11.9. The van der Waals surface area contributed by atoms with E-state index >= 15 is 0 Å². The Labute approximate surface area is 95.1 Å². The molecule has 1 aromatic heterocycles. The van der Waals surface area contributed by atoms with Crippen LogP contribution in [0.25, 0.3) is 0 Å². The van der Waals surface area contributed by atoms with E-state index < -0.39 is 10.0 Å². The van der Waals surface area contributed by atoms with E-state index in [1.54, 1.807) is 14.0 Å². The van der Waals surface area contributed by atoms with Crippen LogP contribution in [0.3, 0.4) is 0 Å². The van der Waals surface area contributed by atoms with E-state index in [-0.39, 0.29) is 12.3 Å². The molecule has 0 bridgehead atoms. The summed E-state index contributed by atoms with van der Waals surface area (Å²) in [4.78, 5) is 4.09. The number of aromatic amines is 1. The van der Waals surface area contributed by atoms with Gasteiger partial charge in [0.15, 0.2) is 5.82 Å². The van der Waals surface area contributed by atoms with Gasteiger partial charge in [-0.25, -0.2) is 13.4 Å². The summed E-state index contributed by atoms with van der Waals surface area (Å²) < 4.78 is 25.0. The first-order valence-corrected chi connectivity index (χ1v) is 6.90. The first kappa shape index (κ1) is 11.5. The molecule has 16 heavy (non-hydrogen) atoms. The third-order valence-electron chi connectivity index (χ3n) is 2.63. The van der Waals surface area contributed by atoms with E-state index in [0.717, 1.165) is 12.8 Å². The Morgan fingerprint density at radius 2 is 2.19 bits per heavy atom. The Hall–Kier alpha value is -0.950. The van der Waals surface area contributed by atoms with Gasteiger partial charge in [-0.1, -0.05) is 0 Å². The zero-order valence-corrected chi connectivity index (χ0v) is 10.3. The van der Waals surface area contributed by atoms with Crippen molar-refractivity contribution in [2.45, 2.75) is 26.3 Å². The lowest BCUT2D eigenvalue weighted by Crippen LogP contribution is -2.30. The van der Waals surface area contributed by atoms with E-state index in [1.807, 2.05) is 0 Å². The smallest absolute Gasteiger partial charge is 0.214 e. The van der Waals surface area contributed by atoms with Crippen LogP contribution < -0.4 is 0 Å². The van der Waals surface area contributed by atoms with Crippen LogP contribution >= 0.6 is 0 Å². The predicted molar refractivity (Wildman–Crippen MR) is 59.1 cm³/mol. The van der Waals surface area contributed by atoms with Gasteiger partial charge >= 0.3 is 0 Å². The lowest BCUT2D eigenvalue weighted by molar-refractivity contribution is 0.455. The molecule has 0 radical (unpaired) electrons. The highest BCUT2D eigenvalue weighted by Crippen LogP contribution is 2.31. The van der Waals surface area contributed by atoms with Gasteiger partial charge in [-0.15, -0.1) is 0 Å². The molecule has 0 saturated heterocycles. The van der Waals surface area contributed by atoms with Crippen LogP contribution in [0.15, 0.2) is 0 Å². The van der Waals surface area contributed by atoms with Crippen LogP contribution in [0.5, 0.6) is 0 Å². The predicted octanol–water partition coefficient (Wildman–Crippen LogP) is 0.285. The van der Waals surface area contributed by atoms with Crippen molar-refractivity contribution in [3.05, 3.63) is 11.6 Å². The zero-order valence-electron chi connectivity index (χ0n) is 9.47. The van der Waals surface area contributed by atoms with Gasteiger partial charge in [0, 0.05) is 7.05 Å². The minimum absolute atomic E-state index is 0.236. The molecule has 2 rings (SSSR count). The molecule has 0 unspecified atom stereocenters. The molecule has 1 aliphatic carbocycles. The third-order valence-corrected chi connectivity index (χ3v) is 4.60. The van der Waals surface area contributed by atoms with Crippen LogP contribution in [0.2, 0.25) is 0 Å². The van der Waals surface area contributed by atoms with E-state index in [9.17, 15) is 8.42 Å². The number of nitrogens with zero attached hydrogens (tertiary/aromatic N) is 3. The average molecular weight is 244 g/mol. The second kappa shape index (κ2) is 4.14. The number of H-pyrrole nitrogens is 1. The number of aryl methyl sites for hydroxylation is 1. The summed E-state index contributed by atoms with van der Waals surface area (Å²) in [5, 5.41) is 6.62. The molecular weight excluding hydrogens is 228 g/mol. The molecule has 1 aromatic rings. The Balaban J connectivity index is 1.98. The molecular formula is C9H16N4O2S. The van der Waals surface area contributed by atoms with Crippen LogP contribution in [0, 0.1) is 12.8 Å². The van der Waals surface area contributed by atoms with Gasteiger partial charge < -0.3 is 0 Å². The number of aromatic nitrogens is 3. The minimum atomic E-state index is -3.15. The fourth-order valence-corrected chi connectivity index (χ4v) is 2.96. The van der Waals surface area contributed by atoms with Gasteiger partial charge in [-0.05, 0) is 25.7 Å². The average Bonchev–Trinajstić information content (AvgIpc) is 2.88. The summed E-state index contributed by atoms with van der Waals surface area (Å²) in [5.74, 6) is 1.83. The maximum Gasteiger partial charge on any atom is 0.214 e. The van der Waals surface area contributed by atoms with Crippen molar-refractivity contribution >= 4 is 10.0 Å². The number of hydrogen-bond acceptors (Lipinski definition) is 4. The fourth-order valence-electron chi connectivity index (χ4n) is 1.47. The van der Waals surface area contributed by atoms with Crippen molar-refractivity contribution in [1.29, 1.82) is 0 Å². The van der Waals surface area contributed by atoms with Gasteiger partial charge in [0.05, 0.1) is 12.3 Å². The SMILES string of the molecule is Cc1nc(CN(C)S(=O)(=O)CC2CC2)n[nH]1. The molecule has 0 atom stereocenters. The quantitative estimate of drug-likeness (QED) is 0.807. The summed E-state index contributed by atoms with van der Waals surface area (Å²) in [6, 6.07) is 0. The van der Waals surface area contributed by atoms with Crippen LogP contribution in [0.1, 0.15) is 24.5 Å². The van der Waals surface area contributed by atoms with Gasteiger partial charge in [0.1, 0.15) is 5.82 Å². The molecule has 1 fully saturated rings. The van der Waals surface area contributed by atoms with Gasteiger partial charge in [0.25, 0.3) is 0 Å². The second-order valence-corrected chi connectivity index (χ2v) is 6.44. The molecule has 0 aliphatic heterocycles. The monoisotopic (exact) mass is 244 g/mol. The number of hydrogen-bond donors (Lipinski definition) is 1. The van der Waals surface area contributed by atoms with Gasteiger partial charge in [0.2, 0.25) is 10.0 Å². The largest absolute Gasteiger partial charge is 0.263 e. The molecule has 0 aromatic carbocycles. The van der Waals surface area contributed by atoms with E-state index in [2.05, 4.69) is 15.2 Å². The molecule has 1 aliphatic rings. The molecule has 0 spiro atoms. The van der Waals surface area contributed by atoms with Gasteiger partial charge in [-0.2, -0.15) is 9.40 Å². The molecule has 7 heteroatoms. The Kier molecular flexibility index (Phi) is 2.98.